The maximum Gasteiger partial charge on any atom is 0.338 e. The lowest BCUT2D eigenvalue weighted by atomic mass is 10.0. The Labute approximate surface area is 165 Å². The van der Waals surface area contributed by atoms with Crippen molar-refractivity contribution in [2.75, 3.05) is 10.2 Å². The first kappa shape index (κ1) is 18.4. The van der Waals surface area contributed by atoms with Crippen molar-refractivity contribution in [2.45, 2.75) is 18.8 Å². The molecule has 2 atom stereocenters. The molecule has 148 valence electrons. The first-order valence-corrected chi connectivity index (χ1v) is 8.76. The summed E-state index contributed by atoms with van der Waals surface area (Å²) in [5.74, 6) is -1.09. The quantitative estimate of drug-likeness (QED) is 0.484. The molecule has 29 heavy (non-hydrogen) atoms. The molecular weight excluding hydrogens is 376 g/mol. The van der Waals surface area contributed by atoms with Gasteiger partial charge in [0.25, 0.3) is 0 Å². The van der Waals surface area contributed by atoms with Gasteiger partial charge in [0.15, 0.2) is 12.0 Å². The number of amides is 1. The summed E-state index contributed by atoms with van der Waals surface area (Å²) >= 11 is 0. The summed E-state index contributed by atoms with van der Waals surface area (Å²) in [4.78, 5) is 34.6. The normalized spacial score (nSPS) is 16.2. The molecule has 0 fully saturated rings. The number of hydrogen-bond donors (Lipinski definition) is 4. The molecule has 0 aromatic carbocycles. The van der Waals surface area contributed by atoms with E-state index in [1.54, 1.807) is 35.4 Å². The van der Waals surface area contributed by atoms with Crippen LogP contribution in [0.2, 0.25) is 0 Å². The number of carbonyl (C=O) groups excluding carboxylic acids is 1. The Balaban J connectivity index is 1.96. The van der Waals surface area contributed by atoms with Gasteiger partial charge in [-0.05, 0) is 24.3 Å². The molecular formula is C19H18N6O4. The predicted molar refractivity (Wildman–Crippen MR) is 103 cm³/mol. The fourth-order valence-corrected chi connectivity index (χ4v) is 3.57. The van der Waals surface area contributed by atoms with Crippen LogP contribution >= 0.6 is 0 Å². The van der Waals surface area contributed by atoms with Crippen molar-refractivity contribution in [1.29, 1.82) is 0 Å². The van der Waals surface area contributed by atoms with E-state index in [4.69, 9.17) is 15.9 Å². The van der Waals surface area contributed by atoms with Gasteiger partial charge >= 0.3 is 5.97 Å². The number of aromatic carboxylic acids is 1. The fourth-order valence-electron chi connectivity index (χ4n) is 3.57. The summed E-state index contributed by atoms with van der Waals surface area (Å²) in [7, 11) is 0. The van der Waals surface area contributed by atoms with E-state index in [-0.39, 0.29) is 17.8 Å². The number of rotatable bonds is 6. The number of hydrogen-bond acceptors (Lipinski definition) is 8. The van der Waals surface area contributed by atoms with Crippen LogP contribution in [0.25, 0.3) is 0 Å². The number of fused-ring (bicyclic) bond motifs is 1. The summed E-state index contributed by atoms with van der Waals surface area (Å²) < 4.78 is 5.53. The Bertz CT molecular complexity index is 1070. The van der Waals surface area contributed by atoms with E-state index < -0.39 is 24.1 Å². The smallest absolute Gasteiger partial charge is 0.338 e. The predicted octanol–water partition coefficient (Wildman–Crippen LogP) is 1.38. The molecule has 0 saturated carbocycles. The summed E-state index contributed by atoms with van der Waals surface area (Å²) in [6, 6.07) is 7.07. The summed E-state index contributed by atoms with van der Waals surface area (Å²) in [5, 5.41) is 12.8. The lowest BCUT2D eigenvalue weighted by Gasteiger charge is -2.33. The highest BCUT2D eigenvalue weighted by Crippen LogP contribution is 2.47. The largest absolute Gasteiger partial charge is 0.478 e. The third-order valence-electron chi connectivity index (χ3n) is 4.74. The third-order valence-corrected chi connectivity index (χ3v) is 4.74. The van der Waals surface area contributed by atoms with Gasteiger partial charge in [0, 0.05) is 24.5 Å². The molecule has 4 rings (SSSR count). The van der Waals surface area contributed by atoms with E-state index in [0.717, 1.165) is 0 Å². The van der Waals surface area contributed by atoms with Crippen LogP contribution in [0.4, 0.5) is 11.5 Å². The second kappa shape index (κ2) is 7.24. The number of pyridine rings is 2. The Hall–Kier alpha value is -3.92. The molecule has 0 bridgehead atoms. The molecule has 1 aliphatic heterocycles. The van der Waals surface area contributed by atoms with Gasteiger partial charge < -0.3 is 31.2 Å². The van der Waals surface area contributed by atoms with Gasteiger partial charge in [-0.25, -0.2) is 9.78 Å². The van der Waals surface area contributed by atoms with Crippen molar-refractivity contribution in [3.63, 3.8) is 0 Å². The minimum atomic E-state index is -1.16. The lowest BCUT2D eigenvalue weighted by molar-refractivity contribution is -0.119. The van der Waals surface area contributed by atoms with Gasteiger partial charge in [0.2, 0.25) is 5.91 Å². The van der Waals surface area contributed by atoms with Gasteiger partial charge in [0.05, 0.1) is 23.2 Å². The number of carbonyl (C=O) groups is 2. The molecule has 3 aromatic heterocycles. The molecule has 6 N–H and O–H groups in total. The third kappa shape index (κ3) is 3.05. The first-order chi connectivity index (χ1) is 14.0. The van der Waals surface area contributed by atoms with E-state index in [2.05, 4.69) is 15.3 Å². The number of aromatic nitrogens is 2. The average Bonchev–Trinajstić information content (AvgIpc) is 3.36. The van der Waals surface area contributed by atoms with Crippen molar-refractivity contribution >= 4 is 23.4 Å². The standard InChI is InChI=1S/C19H18N6O4/c20-9-12-10(3-1-6-22-12)14(16(21)26)25-15-11(19(27)28)5-7-23-17(15)24-18(25)13-4-2-8-29-13/h1-8,14,18H,9,20H2,(H2,21,26)(H,23,24)(H,27,28). The van der Waals surface area contributed by atoms with E-state index in [9.17, 15) is 14.7 Å². The van der Waals surface area contributed by atoms with Gasteiger partial charge in [-0.2, -0.15) is 0 Å². The monoisotopic (exact) mass is 394 g/mol. The van der Waals surface area contributed by atoms with Crippen molar-refractivity contribution < 1.29 is 19.1 Å². The minimum absolute atomic E-state index is 0.0269. The van der Waals surface area contributed by atoms with Crippen molar-refractivity contribution in [2.24, 2.45) is 11.5 Å². The van der Waals surface area contributed by atoms with E-state index in [1.165, 1.54) is 18.5 Å². The van der Waals surface area contributed by atoms with Crippen LogP contribution in [-0.4, -0.2) is 27.0 Å². The topological polar surface area (TPSA) is 161 Å². The zero-order valence-electron chi connectivity index (χ0n) is 15.1. The lowest BCUT2D eigenvalue weighted by Crippen LogP contribution is -2.41. The molecule has 10 heteroatoms. The molecule has 0 saturated heterocycles. The van der Waals surface area contributed by atoms with Gasteiger partial charge in [0.1, 0.15) is 11.8 Å². The molecule has 1 amide bonds. The van der Waals surface area contributed by atoms with Crippen LogP contribution in [0.15, 0.2) is 53.4 Å². The summed E-state index contributed by atoms with van der Waals surface area (Å²) in [6.07, 6.45) is 3.72. The number of furan rings is 1. The summed E-state index contributed by atoms with van der Waals surface area (Å²) in [6.45, 7) is 0.0817. The molecule has 1 aliphatic rings. The molecule has 10 nitrogen and oxygen atoms in total. The van der Waals surface area contributed by atoms with Gasteiger partial charge in [-0.3, -0.25) is 9.78 Å². The maximum absolute atomic E-state index is 12.6. The van der Waals surface area contributed by atoms with Crippen LogP contribution in [0.3, 0.4) is 0 Å². The fraction of sp³-hybridized carbons (Fsp3) is 0.158. The molecule has 0 aliphatic carbocycles. The minimum Gasteiger partial charge on any atom is -0.478 e. The van der Waals surface area contributed by atoms with Crippen LogP contribution in [0.5, 0.6) is 0 Å². The van der Waals surface area contributed by atoms with Crippen molar-refractivity contribution in [3.05, 3.63) is 71.6 Å². The molecule has 4 heterocycles. The average molecular weight is 394 g/mol. The number of nitrogens with two attached hydrogens (primary N) is 2. The van der Waals surface area contributed by atoms with E-state index >= 15 is 0 Å². The molecule has 0 radical (unpaired) electrons. The van der Waals surface area contributed by atoms with E-state index in [1.807, 2.05) is 0 Å². The second-order valence-electron chi connectivity index (χ2n) is 6.38. The zero-order valence-corrected chi connectivity index (χ0v) is 15.1. The van der Waals surface area contributed by atoms with Crippen LogP contribution in [0.1, 0.15) is 39.6 Å². The first-order valence-electron chi connectivity index (χ1n) is 8.76. The Morgan fingerprint density at radius 3 is 2.72 bits per heavy atom. The zero-order chi connectivity index (χ0) is 20.5. The molecule has 2 unspecified atom stereocenters. The van der Waals surface area contributed by atoms with Gasteiger partial charge in [-0.15, -0.1) is 0 Å². The summed E-state index contributed by atoms with van der Waals surface area (Å²) in [5.41, 5.74) is 12.8. The number of primary amides is 1. The Morgan fingerprint density at radius 2 is 2.07 bits per heavy atom. The number of carboxylic acids is 1. The highest BCUT2D eigenvalue weighted by molar-refractivity contribution is 6.01. The van der Waals surface area contributed by atoms with Crippen LogP contribution in [-0.2, 0) is 11.3 Å². The van der Waals surface area contributed by atoms with E-state index in [0.29, 0.717) is 22.8 Å². The highest BCUT2D eigenvalue weighted by Gasteiger charge is 2.43. The maximum atomic E-state index is 12.6. The Kier molecular flexibility index (Phi) is 4.61. The SMILES string of the molecule is NCc1ncccc1C(C(N)=O)N1c2c(C(=O)O)ccnc2NC1c1ccco1. The number of nitrogens with zero attached hydrogens (tertiary/aromatic N) is 3. The van der Waals surface area contributed by atoms with Crippen molar-refractivity contribution in [1.82, 2.24) is 9.97 Å². The number of carboxylic acid groups (broad SMARTS) is 1. The van der Waals surface area contributed by atoms with Crippen LogP contribution < -0.4 is 21.7 Å². The molecule has 0 spiro atoms. The highest BCUT2D eigenvalue weighted by atomic mass is 16.4. The Morgan fingerprint density at radius 1 is 1.24 bits per heavy atom. The van der Waals surface area contributed by atoms with Gasteiger partial charge in [-0.1, -0.05) is 6.07 Å². The second-order valence-corrected chi connectivity index (χ2v) is 6.38. The number of nitrogens with one attached hydrogen (secondary N) is 1. The van der Waals surface area contributed by atoms with Crippen LogP contribution in [0, 0.1) is 0 Å². The number of anilines is 2. The van der Waals surface area contributed by atoms with Crippen molar-refractivity contribution in [3.8, 4) is 0 Å². The molecule has 3 aromatic rings.